The van der Waals surface area contributed by atoms with Crippen LogP contribution in [0.25, 0.3) is 5.95 Å². The van der Waals surface area contributed by atoms with Crippen LogP contribution in [0.2, 0.25) is 10.3 Å². The van der Waals surface area contributed by atoms with E-state index in [1.807, 2.05) is 19.1 Å². The maximum absolute atomic E-state index is 6.00. The summed E-state index contributed by atoms with van der Waals surface area (Å²) >= 11 is 11.9. The lowest BCUT2D eigenvalue weighted by atomic mass is 10.2. The Bertz CT molecular complexity index is 772. The Morgan fingerprint density at radius 1 is 1.14 bits per heavy atom. The quantitative estimate of drug-likeness (QED) is 0.800. The van der Waals surface area contributed by atoms with E-state index >= 15 is 0 Å². The third-order valence-electron chi connectivity index (χ3n) is 2.78. The molecule has 0 saturated heterocycles. The van der Waals surface area contributed by atoms with Crippen molar-refractivity contribution in [3.63, 3.8) is 0 Å². The maximum Gasteiger partial charge on any atom is 0.241 e. The van der Waals surface area contributed by atoms with E-state index in [2.05, 4.69) is 25.3 Å². The summed E-state index contributed by atoms with van der Waals surface area (Å²) < 4.78 is 1.64. The number of anilines is 2. The second-order valence-electron chi connectivity index (χ2n) is 4.28. The van der Waals surface area contributed by atoms with Gasteiger partial charge in [-0.3, -0.25) is 4.57 Å². The van der Waals surface area contributed by atoms with E-state index in [-0.39, 0.29) is 5.28 Å². The van der Waals surface area contributed by atoms with Crippen LogP contribution in [0.1, 0.15) is 5.56 Å². The molecule has 0 fully saturated rings. The standard InChI is InChI=1S/C13H10Cl2N6/c1-8-2-3-9(14)6-10(8)17-12-18-11(15)19-13(20-12)21-5-4-16-7-21/h2-7H,1H3,(H,17,18,19,20). The predicted octanol–water partition coefficient (Wildman–Crippen LogP) is 3.42. The molecule has 0 saturated carbocycles. The maximum atomic E-state index is 6.00. The first-order valence-electron chi connectivity index (χ1n) is 6.05. The molecule has 0 radical (unpaired) electrons. The number of nitrogens with zero attached hydrogens (tertiary/aromatic N) is 5. The lowest BCUT2D eigenvalue weighted by Crippen LogP contribution is -2.06. The fraction of sp³-hybridized carbons (Fsp3) is 0.0769. The van der Waals surface area contributed by atoms with Crippen LogP contribution >= 0.6 is 23.2 Å². The number of halogens is 2. The van der Waals surface area contributed by atoms with Crippen molar-refractivity contribution in [1.29, 1.82) is 0 Å². The minimum Gasteiger partial charge on any atom is -0.324 e. The molecule has 3 rings (SSSR count). The first kappa shape index (κ1) is 13.8. The summed E-state index contributed by atoms with van der Waals surface area (Å²) in [7, 11) is 0. The number of hydrogen-bond acceptors (Lipinski definition) is 5. The van der Waals surface area contributed by atoms with Crippen LogP contribution in [0.15, 0.2) is 36.9 Å². The molecular weight excluding hydrogens is 311 g/mol. The molecule has 0 aliphatic rings. The summed E-state index contributed by atoms with van der Waals surface area (Å²) in [4.78, 5) is 16.4. The highest BCUT2D eigenvalue weighted by Crippen LogP contribution is 2.23. The normalized spacial score (nSPS) is 10.6. The number of imidazole rings is 1. The minimum atomic E-state index is 0.0934. The zero-order valence-corrected chi connectivity index (χ0v) is 12.5. The molecule has 0 aliphatic carbocycles. The lowest BCUT2D eigenvalue weighted by molar-refractivity contribution is 0.899. The zero-order valence-electron chi connectivity index (χ0n) is 11.0. The molecule has 1 aromatic carbocycles. The zero-order chi connectivity index (χ0) is 14.8. The Kier molecular flexibility index (Phi) is 3.72. The van der Waals surface area contributed by atoms with Gasteiger partial charge in [-0.05, 0) is 36.2 Å². The van der Waals surface area contributed by atoms with Gasteiger partial charge in [0.15, 0.2) is 0 Å². The van der Waals surface area contributed by atoms with Crippen molar-refractivity contribution in [2.24, 2.45) is 0 Å². The van der Waals surface area contributed by atoms with Crippen LogP contribution < -0.4 is 5.32 Å². The first-order valence-corrected chi connectivity index (χ1v) is 6.80. The molecule has 8 heteroatoms. The van der Waals surface area contributed by atoms with Crippen LogP contribution in [0.5, 0.6) is 0 Å². The lowest BCUT2D eigenvalue weighted by Gasteiger charge is -2.09. The second kappa shape index (κ2) is 5.67. The summed E-state index contributed by atoms with van der Waals surface area (Å²) in [6.07, 6.45) is 4.94. The molecule has 2 aromatic heterocycles. The van der Waals surface area contributed by atoms with E-state index < -0.39 is 0 Å². The third kappa shape index (κ3) is 3.12. The number of aryl methyl sites for hydroxylation is 1. The number of aromatic nitrogens is 5. The molecule has 3 aromatic rings. The average Bonchev–Trinajstić information content (AvgIpc) is 2.96. The summed E-state index contributed by atoms with van der Waals surface area (Å²) in [6, 6.07) is 5.52. The molecule has 0 unspecified atom stereocenters. The van der Waals surface area contributed by atoms with E-state index in [1.165, 1.54) is 0 Å². The number of hydrogen-bond donors (Lipinski definition) is 1. The van der Waals surface area contributed by atoms with Gasteiger partial charge in [0, 0.05) is 23.1 Å². The molecule has 2 heterocycles. The van der Waals surface area contributed by atoms with E-state index in [9.17, 15) is 0 Å². The highest BCUT2D eigenvalue weighted by Gasteiger charge is 2.08. The van der Waals surface area contributed by atoms with Crippen molar-refractivity contribution in [3.05, 3.63) is 52.8 Å². The largest absolute Gasteiger partial charge is 0.324 e. The Balaban J connectivity index is 1.97. The van der Waals surface area contributed by atoms with Gasteiger partial charge in [0.05, 0.1) is 0 Å². The van der Waals surface area contributed by atoms with Crippen molar-refractivity contribution in [2.75, 3.05) is 5.32 Å². The molecule has 0 atom stereocenters. The van der Waals surface area contributed by atoms with Crippen molar-refractivity contribution >= 4 is 34.8 Å². The van der Waals surface area contributed by atoms with Gasteiger partial charge in [-0.1, -0.05) is 17.7 Å². The van der Waals surface area contributed by atoms with E-state index in [1.54, 1.807) is 29.4 Å². The van der Waals surface area contributed by atoms with E-state index in [4.69, 9.17) is 23.2 Å². The van der Waals surface area contributed by atoms with Crippen LogP contribution in [-0.4, -0.2) is 24.5 Å². The molecule has 0 bridgehead atoms. The average molecular weight is 321 g/mol. The van der Waals surface area contributed by atoms with Gasteiger partial charge in [0.1, 0.15) is 6.33 Å². The smallest absolute Gasteiger partial charge is 0.241 e. The van der Waals surface area contributed by atoms with Gasteiger partial charge in [-0.15, -0.1) is 0 Å². The molecule has 106 valence electrons. The molecule has 6 nitrogen and oxygen atoms in total. The van der Waals surface area contributed by atoms with Crippen molar-refractivity contribution < 1.29 is 0 Å². The van der Waals surface area contributed by atoms with Crippen molar-refractivity contribution in [2.45, 2.75) is 6.92 Å². The van der Waals surface area contributed by atoms with Gasteiger partial charge < -0.3 is 5.32 Å². The SMILES string of the molecule is Cc1ccc(Cl)cc1Nc1nc(Cl)nc(-n2ccnc2)n1. The molecule has 0 amide bonds. The van der Waals surface area contributed by atoms with E-state index in [0.717, 1.165) is 11.3 Å². The molecule has 1 N–H and O–H groups in total. The summed E-state index contributed by atoms with van der Waals surface area (Å²) in [5.74, 6) is 0.721. The predicted molar refractivity (Wildman–Crippen MR) is 81.4 cm³/mol. The highest BCUT2D eigenvalue weighted by molar-refractivity contribution is 6.30. The summed E-state index contributed by atoms with van der Waals surface area (Å²) in [6.45, 7) is 1.96. The minimum absolute atomic E-state index is 0.0934. The molecule has 0 spiro atoms. The van der Waals surface area contributed by atoms with Gasteiger partial charge in [0.25, 0.3) is 0 Å². The van der Waals surface area contributed by atoms with Gasteiger partial charge in [-0.25, -0.2) is 4.98 Å². The topological polar surface area (TPSA) is 68.5 Å². The van der Waals surface area contributed by atoms with Crippen LogP contribution in [0, 0.1) is 6.92 Å². The van der Waals surface area contributed by atoms with Crippen LogP contribution in [0.4, 0.5) is 11.6 Å². The summed E-state index contributed by atoms with van der Waals surface area (Å²) in [5.41, 5.74) is 1.82. The Morgan fingerprint density at radius 3 is 2.76 bits per heavy atom. The Labute approximate surface area is 130 Å². The van der Waals surface area contributed by atoms with Crippen molar-refractivity contribution in [1.82, 2.24) is 24.5 Å². The number of rotatable bonds is 3. The Morgan fingerprint density at radius 2 is 2.00 bits per heavy atom. The molecular formula is C13H10Cl2N6. The van der Waals surface area contributed by atoms with Gasteiger partial charge in [0.2, 0.25) is 17.2 Å². The second-order valence-corrected chi connectivity index (χ2v) is 5.06. The van der Waals surface area contributed by atoms with Gasteiger partial charge >= 0.3 is 0 Å². The monoisotopic (exact) mass is 320 g/mol. The van der Waals surface area contributed by atoms with Gasteiger partial charge in [-0.2, -0.15) is 15.0 Å². The van der Waals surface area contributed by atoms with E-state index in [0.29, 0.717) is 16.9 Å². The molecule has 21 heavy (non-hydrogen) atoms. The fourth-order valence-corrected chi connectivity index (χ4v) is 2.07. The first-order chi connectivity index (χ1) is 10.1. The highest BCUT2D eigenvalue weighted by atomic mass is 35.5. The molecule has 0 aliphatic heterocycles. The number of benzene rings is 1. The van der Waals surface area contributed by atoms with Crippen LogP contribution in [-0.2, 0) is 0 Å². The van der Waals surface area contributed by atoms with Crippen molar-refractivity contribution in [3.8, 4) is 5.95 Å². The Hall–Kier alpha value is -2.18. The number of nitrogens with one attached hydrogen (secondary N) is 1. The van der Waals surface area contributed by atoms with Crippen LogP contribution in [0.3, 0.4) is 0 Å². The third-order valence-corrected chi connectivity index (χ3v) is 3.18. The fourth-order valence-electron chi connectivity index (χ4n) is 1.74. The summed E-state index contributed by atoms with van der Waals surface area (Å²) in [5, 5.41) is 3.81.